The number of ketones is 1. The third-order valence-electron chi connectivity index (χ3n) is 5.85. The van der Waals surface area contributed by atoms with E-state index in [0.29, 0.717) is 35.1 Å². The van der Waals surface area contributed by atoms with Gasteiger partial charge in [0, 0.05) is 17.3 Å². The molecule has 0 bridgehead atoms. The van der Waals surface area contributed by atoms with Crippen molar-refractivity contribution >= 4 is 34.7 Å². The molecule has 1 aliphatic rings. The van der Waals surface area contributed by atoms with Gasteiger partial charge >= 0.3 is 0 Å². The molecular formula is C29H28ClNO6. The fourth-order valence-corrected chi connectivity index (χ4v) is 4.47. The number of rotatable bonds is 8. The minimum Gasteiger partial charge on any atom is -0.507 e. The zero-order valence-electron chi connectivity index (χ0n) is 21.0. The Bertz CT molecular complexity index is 1350. The third-order valence-corrected chi connectivity index (χ3v) is 6.18. The predicted octanol–water partition coefficient (Wildman–Crippen LogP) is 6.16. The van der Waals surface area contributed by atoms with Crippen LogP contribution >= 0.6 is 11.6 Å². The SMILES string of the molecule is CCOc1cccc(N2C(=O)C(=O)/C(=C(/O)c3cc(OC)ccc3Cl)C2c2ccc(OC(C)C)cc2)c1. The van der Waals surface area contributed by atoms with Crippen molar-refractivity contribution in [3.05, 3.63) is 88.5 Å². The molecule has 1 fully saturated rings. The number of carbonyl (C=O) groups excluding carboxylic acids is 2. The summed E-state index contributed by atoms with van der Waals surface area (Å²) in [5, 5.41) is 11.6. The molecule has 1 unspecified atom stereocenters. The van der Waals surface area contributed by atoms with Crippen LogP contribution in [0.1, 0.15) is 37.9 Å². The summed E-state index contributed by atoms with van der Waals surface area (Å²) in [5.74, 6) is -0.357. The van der Waals surface area contributed by atoms with Gasteiger partial charge in [0.15, 0.2) is 0 Å². The molecule has 1 N–H and O–H groups in total. The van der Waals surface area contributed by atoms with Crippen LogP contribution in [-0.2, 0) is 9.59 Å². The van der Waals surface area contributed by atoms with E-state index in [-0.39, 0.29) is 22.3 Å². The second kappa shape index (κ2) is 11.0. The van der Waals surface area contributed by atoms with Crippen molar-refractivity contribution in [3.8, 4) is 17.2 Å². The van der Waals surface area contributed by atoms with E-state index in [9.17, 15) is 14.7 Å². The maximum absolute atomic E-state index is 13.4. The molecule has 8 heteroatoms. The summed E-state index contributed by atoms with van der Waals surface area (Å²) in [4.78, 5) is 28.2. The monoisotopic (exact) mass is 521 g/mol. The topological polar surface area (TPSA) is 85.3 Å². The van der Waals surface area contributed by atoms with Gasteiger partial charge in [-0.2, -0.15) is 0 Å². The summed E-state index contributed by atoms with van der Waals surface area (Å²) in [5.41, 5.74) is 1.17. The van der Waals surface area contributed by atoms with E-state index < -0.39 is 23.5 Å². The number of benzene rings is 3. The van der Waals surface area contributed by atoms with Gasteiger partial charge in [0.2, 0.25) is 0 Å². The number of anilines is 1. The average Bonchev–Trinajstić information content (AvgIpc) is 3.14. The van der Waals surface area contributed by atoms with Gasteiger partial charge < -0.3 is 19.3 Å². The van der Waals surface area contributed by atoms with E-state index in [2.05, 4.69) is 0 Å². The van der Waals surface area contributed by atoms with E-state index in [1.165, 1.54) is 18.1 Å². The number of carbonyl (C=O) groups is 2. The highest BCUT2D eigenvalue weighted by Gasteiger charge is 2.47. The van der Waals surface area contributed by atoms with Crippen molar-refractivity contribution in [2.45, 2.75) is 32.9 Å². The first-order valence-corrected chi connectivity index (χ1v) is 12.3. The van der Waals surface area contributed by atoms with Crippen molar-refractivity contribution in [2.24, 2.45) is 0 Å². The van der Waals surface area contributed by atoms with Crippen LogP contribution < -0.4 is 19.1 Å². The highest BCUT2D eigenvalue weighted by Crippen LogP contribution is 2.44. The Morgan fingerprint density at radius 2 is 1.70 bits per heavy atom. The Balaban J connectivity index is 1.92. The molecule has 1 aliphatic heterocycles. The van der Waals surface area contributed by atoms with Gasteiger partial charge in [-0.1, -0.05) is 29.8 Å². The summed E-state index contributed by atoms with van der Waals surface area (Å²) in [6.45, 7) is 6.15. The van der Waals surface area contributed by atoms with E-state index in [1.54, 1.807) is 60.7 Å². The quantitative estimate of drug-likeness (QED) is 0.217. The lowest BCUT2D eigenvalue weighted by atomic mass is 9.95. The highest BCUT2D eigenvalue weighted by molar-refractivity contribution is 6.52. The van der Waals surface area contributed by atoms with Gasteiger partial charge in [0.1, 0.15) is 23.0 Å². The average molecular weight is 522 g/mol. The molecule has 4 rings (SSSR count). The Morgan fingerprint density at radius 1 is 1.00 bits per heavy atom. The van der Waals surface area contributed by atoms with Crippen LogP contribution in [0.2, 0.25) is 5.02 Å². The summed E-state index contributed by atoms with van der Waals surface area (Å²) >= 11 is 6.39. The molecule has 192 valence electrons. The number of hydrogen-bond donors (Lipinski definition) is 1. The van der Waals surface area contributed by atoms with Crippen molar-refractivity contribution in [3.63, 3.8) is 0 Å². The Morgan fingerprint density at radius 3 is 2.35 bits per heavy atom. The first kappa shape index (κ1) is 26.1. The van der Waals surface area contributed by atoms with Crippen LogP contribution in [0.4, 0.5) is 5.69 Å². The molecule has 1 amide bonds. The summed E-state index contributed by atoms with van der Waals surface area (Å²) in [7, 11) is 1.48. The van der Waals surface area contributed by atoms with Crippen LogP contribution in [0.3, 0.4) is 0 Å². The van der Waals surface area contributed by atoms with E-state index >= 15 is 0 Å². The van der Waals surface area contributed by atoms with Crippen molar-refractivity contribution < 1.29 is 28.9 Å². The summed E-state index contributed by atoms with van der Waals surface area (Å²) < 4.78 is 16.6. The van der Waals surface area contributed by atoms with Crippen LogP contribution in [-0.4, -0.2) is 36.6 Å². The molecule has 0 aromatic heterocycles. The van der Waals surface area contributed by atoms with Gasteiger partial charge in [-0.25, -0.2) is 0 Å². The molecule has 1 saturated heterocycles. The number of hydrogen-bond acceptors (Lipinski definition) is 6. The number of amides is 1. The summed E-state index contributed by atoms with van der Waals surface area (Å²) in [6.07, 6.45) is -0.0204. The normalized spacial score (nSPS) is 16.8. The third kappa shape index (κ3) is 5.27. The van der Waals surface area contributed by atoms with Crippen LogP contribution in [0, 0.1) is 0 Å². The Kier molecular flexibility index (Phi) is 7.74. The minimum atomic E-state index is -0.924. The molecule has 0 radical (unpaired) electrons. The number of Topliss-reactive ketones (excluding diaryl/α,β-unsaturated/α-hetero) is 1. The molecular weight excluding hydrogens is 494 g/mol. The number of methoxy groups -OCH3 is 1. The minimum absolute atomic E-state index is 0.0204. The predicted molar refractivity (Wildman–Crippen MR) is 143 cm³/mol. The molecule has 0 spiro atoms. The molecule has 1 atom stereocenters. The van der Waals surface area contributed by atoms with Crippen LogP contribution in [0.5, 0.6) is 17.2 Å². The standard InChI is InChI=1S/C29H28ClNO6/c1-5-36-22-8-6-7-19(15-22)31-26(18-9-11-20(12-10-18)37-17(2)3)25(28(33)29(31)34)27(32)23-16-21(35-4)13-14-24(23)30/h6-17,26,32H,5H2,1-4H3/b27-25+. The van der Waals surface area contributed by atoms with Gasteiger partial charge in [-0.15, -0.1) is 0 Å². The smallest absolute Gasteiger partial charge is 0.300 e. The Labute approximate surface area is 220 Å². The lowest BCUT2D eigenvalue weighted by Gasteiger charge is -2.26. The second-order valence-corrected chi connectivity index (χ2v) is 9.09. The zero-order valence-corrected chi connectivity index (χ0v) is 21.8. The number of nitrogens with zero attached hydrogens (tertiary/aromatic N) is 1. The maximum atomic E-state index is 13.4. The molecule has 3 aromatic rings. The van der Waals surface area contributed by atoms with Crippen molar-refractivity contribution in [1.82, 2.24) is 0 Å². The molecule has 7 nitrogen and oxygen atoms in total. The maximum Gasteiger partial charge on any atom is 0.300 e. The van der Waals surface area contributed by atoms with Gasteiger partial charge in [0.25, 0.3) is 11.7 Å². The van der Waals surface area contributed by atoms with Crippen molar-refractivity contribution in [1.29, 1.82) is 0 Å². The molecule has 3 aromatic carbocycles. The number of aliphatic hydroxyl groups is 1. The second-order valence-electron chi connectivity index (χ2n) is 8.68. The van der Waals surface area contributed by atoms with Gasteiger partial charge in [-0.3, -0.25) is 14.5 Å². The van der Waals surface area contributed by atoms with E-state index in [1.807, 2.05) is 20.8 Å². The van der Waals surface area contributed by atoms with Crippen LogP contribution in [0.25, 0.3) is 5.76 Å². The zero-order chi connectivity index (χ0) is 26.7. The van der Waals surface area contributed by atoms with E-state index in [4.69, 9.17) is 25.8 Å². The van der Waals surface area contributed by atoms with Gasteiger partial charge in [-0.05, 0) is 68.8 Å². The number of ether oxygens (including phenoxy) is 3. The summed E-state index contributed by atoms with van der Waals surface area (Å²) in [6, 6.07) is 17.8. The lowest BCUT2D eigenvalue weighted by Crippen LogP contribution is -2.29. The lowest BCUT2D eigenvalue weighted by molar-refractivity contribution is -0.132. The van der Waals surface area contributed by atoms with Crippen molar-refractivity contribution in [2.75, 3.05) is 18.6 Å². The van der Waals surface area contributed by atoms with Gasteiger partial charge in [0.05, 0.1) is 36.5 Å². The fraction of sp³-hybridized carbons (Fsp3) is 0.241. The van der Waals surface area contributed by atoms with Crippen LogP contribution in [0.15, 0.2) is 72.3 Å². The first-order chi connectivity index (χ1) is 17.7. The number of halogens is 1. The molecule has 0 saturated carbocycles. The molecule has 1 heterocycles. The first-order valence-electron chi connectivity index (χ1n) is 11.9. The molecule has 0 aliphatic carbocycles. The molecule has 37 heavy (non-hydrogen) atoms. The highest BCUT2D eigenvalue weighted by atomic mass is 35.5. The van der Waals surface area contributed by atoms with E-state index in [0.717, 1.165) is 0 Å². The fourth-order valence-electron chi connectivity index (χ4n) is 4.26. The number of aliphatic hydroxyl groups excluding tert-OH is 1. The Hall–Kier alpha value is -3.97. The largest absolute Gasteiger partial charge is 0.507 e.